The van der Waals surface area contributed by atoms with Gasteiger partial charge in [-0.25, -0.2) is 0 Å². The summed E-state index contributed by atoms with van der Waals surface area (Å²) in [6.45, 7) is 5.07. The van der Waals surface area contributed by atoms with Gasteiger partial charge in [-0.3, -0.25) is 0 Å². The van der Waals surface area contributed by atoms with Crippen molar-refractivity contribution in [3.63, 3.8) is 0 Å². The van der Waals surface area contributed by atoms with Crippen LogP contribution in [0.2, 0.25) is 0 Å². The van der Waals surface area contributed by atoms with Crippen LogP contribution < -0.4 is 5.32 Å². The quantitative estimate of drug-likeness (QED) is 0.814. The van der Waals surface area contributed by atoms with Gasteiger partial charge < -0.3 is 5.32 Å². The van der Waals surface area contributed by atoms with E-state index in [-0.39, 0.29) is 12.1 Å². The molecule has 0 aliphatic rings. The SMILES string of the molecule is CNCC(F)(F)c1c(C)cc(C)cc1C. The summed E-state index contributed by atoms with van der Waals surface area (Å²) in [6.07, 6.45) is 0. The maximum atomic E-state index is 13.7. The van der Waals surface area contributed by atoms with Crippen molar-refractivity contribution >= 4 is 0 Å². The fourth-order valence-electron chi connectivity index (χ4n) is 2.07. The zero-order valence-corrected chi connectivity index (χ0v) is 9.62. The van der Waals surface area contributed by atoms with Crippen LogP contribution >= 0.6 is 0 Å². The molecular formula is C12H17F2N. The summed E-state index contributed by atoms with van der Waals surface area (Å²) in [6, 6.07) is 3.60. The van der Waals surface area contributed by atoms with Crippen molar-refractivity contribution in [2.75, 3.05) is 13.6 Å². The summed E-state index contributed by atoms with van der Waals surface area (Å²) in [5, 5.41) is 2.53. The van der Waals surface area contributed by atoms with Gasteiger partial charge in [-0.1, -0.05) is 17.7 Å². The van der Waals surface area contributed by atoms with Gasteiger partial charge in [0.1, 0.15) is 0 Å². The largest absolute Gasteiger partial charge is 0.314 e. The molecular weight excluding hydrogens is 196 g/mol. The summed E-state index contributed by atoms with van der Waals surface area (Å²) < 4.78 is 27.5. The van der Waals surface area contributed by atoms with E-state index in [2.05, 4.69) is 5.32 Å². The molecule has 0 atom stereocenters. The van der Waals surface area contributed by atoms with Crippen molar-refractivity contribution in [2.45, 2.75) is 26.7 Å². The van der Waals surface area contributed by atoms with Crippen LogP contribution in [0.4, 0.5) is 8.78 Å². The molecule has 1 aromatic carbocycles. The number of hydrogen-bond donors (Lipinski definition) is 1. The Morgan fingerprint density at radius 1 is 1.13 bits per heavy atom. The molecule has 0 unspecified atom stereocenters. The van der Waals surface area contributed by atoms with Gasteiger partial charge in [0.25, 0.3) is 5.92 Å². The number of alkyl halides is 2. The Bertz CT molecular complexity index is 336. The Kier molecular flexibility index (Phi) is 3.45. The Morgan fingerprint density at radius 3 is 2.00 bits per heavy atom. The van der Waals surface area contributed by atoms with Gasteiger partial charge >= 0.3 is 0 Å². The van der Waals surface area contributed by atoms with Crippen molar-refractivity contribution in [2.24, 2.45) is 0 Å². The standard InChI is InChI=1S/C12H17F2N/c1-8-5-9(2)11(10(3)6-8)12(13,14)7-15-4/h5-6,15H,7H2,1-4H3. The minimum absolute atomic E-state index is 0.155. The Balaban J connectivity index is 3.24. The van der Waals surface area contributed by atoms with Gasteiger partial charge in [-0.05, 0) is 38.9 Å². The lowest BCUT2D eigenvalue weighted by Crippen LogP contribution is -2.29. The highest BCUT2D eigenvalue weighted by atomic mass is 19.3. The third-order valence-corrected chi connectivity index (χ3v) is 2.44. The predicted molar refractivity (Wildman–Crippen MR) is 58.5 cm³/mol. The van der Waals surface area contributed by atoms with Gasteiger partial charge in [0.05, 0.1) is 6.54 Å². The molecule has 0 saturated carbocycles. The molecule has 0 heterocycles. The van der Waals surface area contributed by atoms with E-state index in [1.807, 2.05) is 6.92 Å². The molecule has 0 bridgehead atoms. The molecule has 1 aromatic rings. The molecule has 0 aliphatic heterocycles. The second kappa shape index (κ2) is 4.27. The zero-order chi connectivity index (χ0) is 11.6. The summed E-state index contributed by atoms with van der Waals surface area (Å²) in [5.74, 6) is -2.80. The van der Waals surface area contributed by atoms with E-state index in [1.54, 1.807) is 26.0 Å². The third-order valence-electron chi connectivity index (χ3n) is 2.44. The highest BCUT2D eigenvalue weighted by Crippen LogP contribution is 2.33. The number of halogens is 2. The molecule has 0 spiro atoms. The summed E-state index contributed by atoms with van der Waals surface area (Å²) in [7, 11) is 1.53. The maximum Gasteiger partial charge on any atom is 0.285 e. The molecule has 15 heavy (non-hydrogen) atoms. The van der Waals surface area contributed by atoms with Crippen LogP contribution in [-0.4, -0.2) is 13.6 Å². The first-order valence-electron chi connectivity index (χ1n) is 4.99. The van der Waals surface area contributed by atoms with Gasteiger partial charge in [0, 0.05) is 5.56 Å². The van der Waals surface area contributed by atoms with Crippen LogP contribution in [0, 0.1) is 20.8 Å². The molecule has 0 aromatic heterocycles. The number of likely N-dealkylation sites (N-methyl/N-ethyl adjacent to an activating group) is 1. The Hall–Kier alpha value is -0.960. The van der Waals surface area contributed by atoms with Crippen LogP contribution in [0.5, 0.6) is 0 Å². The monoisotopic (exact) mass is 213 g/mol. The van der Waals surface area contributed by atoms with Crippen molar-refractivity contribution in [3.05, 3.63) is 34.4 Å². The van der Waals surface area contributed by atoms with Gasteiger partial charge in [0.2, 0.25) is 0 Å². The fraction of sp³-hybridized carbons (Fsp3) is 0.500. The van der Waals surface area contributed by atoms with Gasteiger partial charge in [0.15, 0.2) is 0 Å². The highest BCUT2D eigenvalue weighted by molar-refractivity contribution is 5.40. The Morgan fingerprint density at radius 2 is 1.60 bits per heavy atom. The zero-order valence-electron chi connectivity index (χ0n) is 9.62. The summed E-state index contributed by atoms with van der Waals surface area (Å²) >= 11 is 0. The molecule has 0 amide bonds. The molecule has 0 aliphatic carbocycles. The lowest BCUT2D eigenvalue weighted by Gasteiger charge is -2.21. The number of nitrogens with one attached hydrogen (secondary N) is 1. The number of aryl methyl sites for hydroxylation is 3. The van der Waals surface area contributed by atoms with E-state index in [0.29, 0.717) is 11.1 Å². The molecule has 84 valence electrons. The van der Waals surface area contributed by atoms with Crippen LogP contribution in [0.15, 0.2) is 12.1 Å². The first-order valence-corrected chi connectivity index (χ1v) is 4.99. The van der Waals surface area contributed by atoms with Crippen LogP contribution in [-0.2, 0) is 5.92 Å². The fourth-order valence-corrected chi connectivity index (χ4v) is 2.07. The first-order chi connectivity index (χ1) is 6.88. The van der Waals surface area contributed by atoms with Crippen molar-refractivity contribution in [1.82, 2.24) is 5.32 Å². The second-order valence-corrected chi connectivity index (χ2v) is 4.01. The minimum atomic E-state index is -2.80. The normalized spacial score (nSPS) is 11.9. The van der Waals surface area contributed by atoms with Crippen molar-refractivity contribution in [1.29, 1.82) is 0 Å². The van der Waals surface area contributed by atoms with E-state index in [9.17, 15) is 8.78 Å². The molecule has 1 N–H and O–H groups in total. The van der Waals surface area contributed by atoms with Gasteiger partial charge in [-0.2, -0.15) is 8.78 Å². The molecule has 0 saturated heterocycles. The van der Waals surface area contributed by atoms with Crippen LogP contribution in [0.25, 0.3) is 0 Å². The van der Waals surface area contributed by atoms with Crippen molar-refractivity contribution < 1.29 is 8.78 Å². The summed E-state index contributed by atoms with van der Waals surface area (Å²) in [5.41, 5.74) is 2.50. The third kappa shape index (κ3) is 2.53. The van der Waals surface area contributed by atoms with Crippen LogP contribution in [0.1, 0.15) is 22.3 Å². The second-order valence-electron chi connectivity index (χ2n) is 4.01. The number of hydrogen-bond acceptors (Lipinski definition) is 1. The van der Waals surface area contributed by atoms with Gasteiger partial charge in [-0.15, -0.1) is 0 Å². The maximum absolute atomic E-state index is 13.7. The highest BCUT2D eigenvalue weighted by Gasteiger charge is 2.33. The van der Waals surface area contributed by atoms with E-state index in [1.165, 1.54) is 7.05 Å². The average molecular weight is 213 g/mol. The number of benzene rings is 1. The molecule has 1 nitrogen and oxygen atoms in total. The van der Waals surface area contributed by atoms with E-state index >= 15 is 0 Å². The molecule has 0 fully saturated rings. The Labute approximate surface area is 89.5 Å². The first kappa shape index (κ1) is 12.1. The lowest BCUT2D eigenvalue weighted by molar-refractivity contribution is -0.00248. The van der Waals surface area contributed by atoms with Crippen molar-refractivity contribution in [3.8, 4) is 0 Å². The lowest BCUT2D eigenvalue weighted by atomic mass is 9.95. The predicted octanol–water partition coefficient (Wildman–Crippen LogP) is 2.92. The number of rotatable bonds is 3. The van der Waals surface area contributed by atoms with E-state index < -0.39 is 5.92 Å². The smallest absolute Gasteiger partial charge is 0.285 e. The van der Waals surface area contributed by atoms with Crippen LogP contribution in [0.3, 0.4) is 0 Å². The van der Waals surface area contributed by atoms with E-state index in [0.717, 1.165) is 5.56 Å². The topological polar surface area (TPSA) is 12.0 Å². The minimum Gasteiger partial charge on any atom is -0.314 e. The molecule has 1 rings (SSSR count). The average Bonchev–Trinajstić information content (AvgIpc) is 1.99. The summed E-state index contributed by atoms with van der Waals surface area (Å²) in [4.78, 5) is 0. The van der Waals surface area contributed by atoms with E-state index in [4.69, 9.17) is 0 Å². The molecule has 3 heteroatoms. The molecule has 0 radical (unpaired) electrons.